The van der Waals surface area contributed by atoms with Crippen LogP contribution in [-0.2, 0) is 13.0 Å². The van der Waals surface area contributed by atoms with Crippen LogP contribution in [0.5, 0.6) is 0 Å². The second-order valence-corrected chi connectivity index (χ2v) is 6.14. The highest BCUT2D eigenvalue weighted by Crippen LogP contribution is 2.29. The normalized spacial score (nSPS) is 11.2. The van der Waals surface area contributed by atoms with Gasteiger partial charge in [0.25, 0.3) is 0 Å². The van der Waals surface area contributed by atoms with Gasteiger partial charge in [0.15, 0.2) is 0 Å². The summed E-state index contributed by atoms with van der Waals surface area (Å²) in [5.74, 6) is 0.614. The molecule has 0 saturated heterocycles. The Balaban J connectivity index is 2.34. The van der Waals surface area contributed by atoms with E-state index in [1.807, 2.05) is 0 Å². The molecule has 0 aliphatic heterocycles. The Hall–Kier alpha value is -1.19. The van der Waals surface area contributed by atoms with E-state index in [0.29, 0.717) is 12.5 Å². The number of hydrogen-bond acceptors (Lipinski definition) is 3. The van der Waals surface area contributed by atoms with Gasteiger partial charge in [-0.1, -0.05) is 43.7 Å². The Bertz CT molecular complexity index is 512. The van der Waals surface area contributed by atoms with Crippen molar-refractivity contribution in [2.75, 3.05) is 0 Å². The predicted octanol–water partition coefficient (Wildman–Crippen LogP) is 3.78. The Morgan fingerprint density at radius 3 is 2.44 bits per heavy atom. The zero-order chi connectivity index (χ0) is 13.1. The van der Waals surface area contributed by atoms with Gasteiger partial charge in [0.2, 0.25) is 0 Å². The van der Waals surface area contributed by atoms with Crippen LogP contribution in [0.1, 0.15) is 30.0 Å². The van der Waals surface area contributed by atoms with E-state index >= 15 is 0 Å². The molecular weight excluding hydrogens is 240 g/mol. The van der Waals surface area contributed by atoms with Crippen molar-refractivity contribution in [3.05, 3.63) is 40.4 Å². The maximum atomic E-state index is 5.81. The fourth-order valence-corrected chi connectivity index (χ4v) is 2.88. The van der Waals surface area contributed by atoms with Crippen LogP contribution < -0.4 is 5.73 Å². The maximum absolute atomic E-state index is 5.81. The van der Waals surface area contributed by atoms with E-state index in [9.17, 15) is 0 Å². The highest BCUT2D eigenvalue weighted by atomic mass is 32.1. The van der Waals surface area contributed by atoms with Gasteiger partial charge >= 0.3 is 0 Å². The van der Waals surface area contributed by atoms with Gasteiger partial charge < -0.3 is 5.73 Å². The van der Waals surface area contributed by atoms with Gasteiger partial charge in [-0.25, -0.2) is 4.98 Å². The molecule has 96 valence electrons. The third-order valence-electron chi connectivity index (χ3n) is 2.86. The monoisotopic (exact) mass is 260 g/mol. The summed E-state index contributed by atoms with van der Waals surface area (Å²) >= 11 is 1.72. The summed E-state index contributed by atoms with van der Waals surface area (Å²) in [7, 11) is 0. The Labute approximate surface area is 113 Å². The molecule has 0 fully saturated rings. The Morgan fingerprint density at radius 2 is 1.89 bits per heavy atom. The molecule has 0 atom stereocenters. The summed E-state index contributed by atoms with van der Waals surface area (Å²) in [6.07, 6.45) is 1.01. The van der Waals surface area contributed by atoms with Crippen LogP contribution in [0, 0.1) is 12.8 Å². The molecule has 0 saturated carbocycles. The fourth-order valence-electron chi connectivity index (χ4n) is 1.91. The highest BCUT2D eigenvalue weighted by molar-refractivity contribution is 7.15. The minimum absolute atomic E-state index is 0.589. The molecule has 2 aromatic rings. The third kappa shape index (κ3) is 2.98. The zero-order valence-corrected chi connectivity index (χ0v) is 12.1. The lowest BCUT2D eigenvalue weighted by molar-refractivity contribution is 0.634. The molecule has 0 radical (unpaired) electrons. The van der Waals surface area contributed by atoms with Crippen molar-refractivity contribution in [2.45, 2.75) is 33.7 Å². The molecule has 1 aromatic carbocycles. The molecule has 0 amide bonds. The summed E-state index contributed by atoms with van der Waals surface area (Å²) in [4.78, 5) is 5.98. The first-order chi connectivity index (χ1) is 8.60. The molecule has 0 aliphatic rings. The Kier molecular flexibility index (Phi) is 4.15. The summed E-state index contributed by atoms with van der Waals surface area (Å²) in [6.45, 7) is 7.11. The first-order valence-corrected chi connectivity index (χ1v) is 7.17. The lowest BCUT2D eigenvalue weighted by atomic mass is 10.1. The second-order valence-electron chi connectivity index (χ2n) is 5.06. The lowest BCUT2D eigenvalue weighted by Gasteiger charge is -2.02. The van der Waals surface area contributed by atoms with E-state index in [4.69, 9.17) is 10.7 Å². The number of nitrogens with zero attached hydrogens (tertiary/aromatic N) is 1. The highest BCUT2D eigenvalue weighted by Gasteiger charge is 2.12. The molecule has 2 N–H and O–H groups in total. The van der Waals surface area contributed by atoms with Crippen LogP contribution in [0.15, 0.2) is 24.3 Å². The molecule has 0 bridgehead atoms. The van der Waals surface area contributed by atoms with E-state index < -0.39 is 0 Å². The van der Waals surface area contributed by atoms with Crippen molar-refractivity contribution in [1.82, 2.24) is 4.98 Å². The number of rotatable bonds is 4. The average molecular weight is 260 g/mol. The van der Waals surface area contributed by atoms with Crippen LogP contribution in [0.3, 0.4) is 0 Å². The average Bonchev–Trinajstić information content (AvgIpc) is 2.72. The quantitative estimate of drug-likeness (QED) is 0.908. The molecule has 0 spiro atoms. The first-order valence-electron chi connectivity index (χ1n) is 6.36. The van der Waals surface area contributed by atoms with Crippen molar-refractivity contribution in [3.63, 3.8) is 0 Å². The van der Waals surface area contributed by atoms with Gasteiger partial charge in [-0.15, -0.1) is 11.3 Å². The molecule has 18 heavy (non-hydrogen) atoms. The smallest absolute Gasteiger partial charge is 0.123 e. The van der Waals surface area contributed by atoms with Crippen LogP contribution in [0.2, 0.25) is 0 Å². The largest absolute Gasteiger partial charge is 0.326 e. The van der Waals surface area contributed by atoms with E-state index in [-0.39, 0.29) is 0 Å². The number of aromatic nitrogens is 1. The van der Waals surface area contributed by atoms with Gasteiger partial charge in [-0.3, -0.25) is 0 Å². The number of benzene rings is 1. The SMILES string of the molecule is Cc1ccc(-c2nc(CC(C)C)c(CN)s2)cc1. The van der Waals surface area contributed by atoms with Gasteiger partial charge in [-0.05, 0) is 19.3 Å². The van der Waals surface area contributed by atoms with Crippen molar-refractivity contribution in [2.24, 2.45) is 11.7 Å². The van der Waals surface area contributed by atoms with Crippen LogP contribution in [0.25, 0.3) is 10.6 Å². The topological polar surface area (TPSA) is 38.9 Å². The second kappa shape index (κ2) is 5.63. The zero-order valence-electron chi connectivity index (χ0n) is 11.2. The summed E-state index contributed by atoms with van der Waals surface area (Å²) < 4.78 is 0. The number of nitrogens with two attached hydrogens (primary N) is 1. The van der Waals surface area contributed by atoms with Crippen molar-refractivity contribution in [1.29, 1.82) is 0 Å². The van der Waals surface area contributed by atoms with Crippen LogP contribution in [0.4, 0.5) is 0 Å². The minimum Gasteiger partial charge on any atom is -0.326 e. The molecule has 3 heteroatoms. The minimum atomic E-state index is 0.589. The van der Waals surface area contributed by atoms with Gasteiger partial charge in [0.1, 0.15) is 5.01 Å². The van der Waals surface area contributed by atoms with Gasteiger partial charge in [0, 0.05) is 17.0 Å². The van der Waals surface area contributed by atoms with Crippen LogP contribution >= 0.6 is 11.3 Å². The molecule has 0 aliphatic carbocycles. The standard InChI is InChI=1S/C15H20N2S/c1-10(2)8-13-14(9-16)18-15(17-13)12-6-4-11(3)5-7-12/h4-7,10H,8-9,16H2,1-3H3. The van der Waals surface area contributed by atoms with E-state index in [1.54, 1.807) is 11.3 Å². The van der Waals surface area contributed by atoms with Crippen molar-refractivity contribution < 1.29 is 0 Å². The van der Waals surface area contributed by atoms with E-state index in [2.05, 4.69) is 45.0 Å². The molecule has 1 heterocycles. The molecular formula is C15H20N2S. The van der Waals surface area contributed by atoms with Crippen LogP contribution in [-0.4, -0.2) is 4.98 Å². The molecule has 2 rings (SSSR count). The summed E-state index contributed by atoms with van der Waals surface area (Å²) in [5, 5.41) is 1.09. The molecule has 1 aromatic heterocycles. The predicted molar refractivity (Wildman–Crippen MR) is 78.7 cm³/mol. The number of thiazole rings is 1. The van der Waals surface area contributed by atoms with Crippen molar-refractivity contribution >= 4 is 11.3 Å². The van der Waals surface area contributed by atoms with Gasteiger partial charge in [0.05, 0.1) is 5.69 Å². The first kappa shape index (κ1) is 13.2. The molecule has 2 nitrogen and oxygen atoms in total. The third-order valence-corrected chi connectivity index (χ3v) is 4.03. The van der Waals surface area contributed by atoms with E-state index in [0.717, 1.165) is 11.4 Å². The lowest BCUT2D eigenvalue weighted by Crippen LogP contribution is -2.01. The number of hydrogen-bond donors (Lipinski definition) is 1. The fraction of sp³-hybridized carbons (Fsp3) is 0.400. The maximum Gasteiger partial charge on any atom is 0.123 e. The summed E-state index contributed by atoms with van der Waals surface area (Å²) in [5.41, 5.74) is 9.45. The number of aryl methyl sites for hydroxylation is 1. The Morgan fingerprint density at radius 1 is 1.22 bits per heavy atom. The van der Waals surface area contributed by atoms with Crippen molar-refractivity contribution in [3.8, 4) is 10.6 Å². The molecule has 0 unspecified atom stereocenters. The van der Waals surface area contributed by atoms with E-state index in [1.165, 1.54) is 21.7 Å². The summed E-state index contributed by atoms with van der Waals surface area (Å²) in [6, 6.07) is 8.52. The van der Waals surface area contributed by atoms with Gasteiger partial charge in [-0.2, -0.15) is 0 Å².